The first kappa shape index (κ1) is 14.3. The summed E-state index contributed by atoms with van der Waals surface area (Å²) in [5, 5.41) is 5.34. The number of nitrogens with one attached hydrogen (secondary N) is 2. The van der Waals surface area contributed by atoms with Gasteiger partial charge in [-0.1, -0.05) is 23.7 Å². The Morgan fingerprint density at radius 3 is 2.60 bits per heavy atom. The van der Waals surface area contributed by atoms with E-state index in [-0.39, 0.29) is 17.3 Å². The normalized spacial score (nSPS) is 10.2. The number of hydrogen-bond donors (Lipinski definition) is 2. The van der Waals surface area contributed by atoms with Gasteiger partial charge in [0.15, 0.2) is 0 Å². The van der Waals surface area contributed by atoms with Gasteiger partial charge in [-0.05, 0) is 30.3 Å². The average Bonchev–Trinajstić information content (AvgIpc) is 2.38. The van der Waals surface area contributed by atoms with Crippen LogP contribution in [0.15, 0.2) is 42.5 Å². The fourth-order valence-corrected chi connectivity index (χ4v) is 1.82. The van der Waals surface area contributed by atoms with Gasteiger partial charge < -0.3 is 10.6 Å². The van der Waals surface area contributed by atoms with Crippen molar-refractivity contribution in [3.8, 4) is 0 Å². The van der Waals surface area contributed by atoms with Crippen LogP contribution in [0.5, 0.6) is 0 Å². The summed E-state index contributed by atoms with van der Waals surface area (Å²) in [5.74, 6) is -1.47. The third-order valence-corrected chi connectivity index (χ3v) is 2.68. The molecule has 1 amide bonds. The molecular weight excluding hydrogens is 286 g/mol. The molecule has 0 bridgehead atoms. The van der Waals surface area contributed by atoms with Crippen LogP contribution in [0.3, 0.4) is 0 Å². The predicted octanol–water partition coefficient (Wildman–Crippen LogP) is 3.67. The number of para-hydroxylation sites is 1. The molecule has 20 heavy (non-hydrogen) atoms. The zero-order valence-corrected chi connectivity index (χ0v) is 11.0. The average molecular weight is 297 g/mol. The highest BCUT2D eigenvalue weighted by Crippen LogP contribution is 2.18. The van der Waals surface area contributed by atoms with Gasteiger partial charge in [-0.2, -0.15) is 0 Å². The number of amides is 1. The quantitative estimate of drug-likeness (QED) is 0.904. The first-order valence-electron chi connectivity index (χ1n) is 5.79. The van der Waals surface area contributed by atoms with Crippen LogP contribution < -0.4 is 10.6 Å². The lowest BCUT2D eigenvalue weighted by atomic mass is 10.3. The summed E-state index contributed by atoms with van der Waals surface area (Å²) in [6.07, 6.45) is 0. The summed E-state index contributed by atoms with van der Waals surface area (Å²) in [5.41, 5.74) is 0.468. The molecule has 2 N–H and O–H groups in total. The Morgan fingerprint density at radius 2 is 1.90 bits per heavy atom. The van der Waals surface area contributed by atoms with Gasteiger partial charge in [0.05, 0.1) is 12.2 Å². The third-order valence-electron chi connectivity index (χ3n) is 2.46. The van der Waals surface area contributed by atoms with E-state index < -0.39 is 17.5 Å². The molecule has 0 aliphatic rings. The van der Waals surface area contributed by atoms with Gasteiger partial charge in [0.1, 0.15) is 11.6 Å². The number of halogens is 3. The van der Waals surface area contributed by atoms with Crippen LogP contribution in [0.1, 0.15) is 0 Å². The Bertz CT molecular complexity index is 614. The summed E-state index contributed by atoms with van der Waals surface area (Å²) in [6.45, 7) is -0.131. The van der Waals surface area contributed by atoms with Crippen LogP contribution in [0, 0.1) is 11.6 Å². The molecule has 0 unspecified atom stereocenters. The standard InChI is InChI=1S/C14H11ClF2N2O/c15-9-5-10(16)7-11(6-9)18-8-14(20)19-13-4-2-1-3-12(13)17/h1-7,18H,8H2,(H,19,20). The van der Waals surface area contributed by atoms with Crippen LogP contribution in [0.2, 0.25) is 5.02 Å². The van der Waals surface area contributed by atoms with Crippen molar-refractivity contribution in [2.24, 2.45) is 0 Å². The molecule has 0 spiro atoms. The maximum atomic E-state index is 13.3. The van der Waals surface area contributed by atoms with E-state index in [2.05, 4.69) is 10.6 Å². The van der Waals surface area contributed by atoms with Gasteiger partial charge in [-0.3, -0.25) is 4.79 Å². The summed E-state index contributed by atoms with van der Waals surface area (Å²) >= 11 is 5.69. The Labute approximate surface area is 119 Å². The lowest BCUT2D eigenvalue weighted by Crippen LogP contribution is -2.22. The smallest absolute Gasteiger partial charge is 0.243 e. The van der Waals surface area contributed by atoms with Crippen molar-refractivity contribution in [3.63, 3.8) is 0 Å². The van der Waals surface area contributed by atoms with E-state index in [1.54, 1.807) is 6.07 Å². The van der Waals surface area contributed by atoms with E-state index in [9.17, 15) is 13.6 Å². The minimum Gasteiger partial charge on any atom is -0.376 e. The van der Waals surface area contributed by atoms with Crippen LogP contribution in [0.25, 0.3) is 0 Å². The molecule has 2 aromatic rings. The Balaban J connectivity index is 1.94. The largest absolute Gasteiger partial charge is 0.376 e. The molecule has 0 saturated heterocycles. The van der Waals surface area contributed by atoms with E-state index in [0.29, 0.717) is 5.69 Å². The van der Waals surface area contributed by atoms with Gasteiger partial charge >= 0.3 is 0 Å². The summed E-state index contributed by atoms with van der Waals surface area (Å²) < 4.78 is 26.4. The molecule has 0 radical (unpaired) electrons. The fraction of sp³-hybridized carbons (Fsp3) is 0.0714. The molecular formula is C14H11ClF2N2O. The molecule has 6 heteroatoms. The topological polar surface area (TPSA) is 41.1 Å². The van der Waals surface area contributed by atoms with Crippen molar-refractivity contribution in [3.05, 3.63) is 59.1 Å². The second-order valence-electron chi connectivity index (χ2n) is 4.04. The number of rotatable bonds is 4. The van der Waals surface area contributed by atoms with E-state index in [1.165, 1.54) is 30.3 Å². The predicted molar refractivity (Wildman–Crippen MR) is 74.9 cm³/mol. The molecule has 104 valence electrons. The van der Waals surface area contributed by atoms with E-state index >= 15 is 0 Å². The van der Waals surface area contributed by atoms with Gasteiger partial charge in [0, 0.05) is 10.7 Å². The SMILES string of the molecule is O=C(CNc1cc(F)cc(Cl)c1)Nc1ccccc1F. The second kappa shape index (κ2) is 6.34. The molecule has 0 aromatic heterocycles. The van der Waals surface area contributed by atoms with Gasteiger partial charge in [-0.25, -0.2) is 8.78 Å². The number of carbonyl (C=O) groups is 1. The Kier molecular flexibility index (Phi) is 4.53. The number of hydrogen-bond acceptors (Lipinski definition) is 2. The first-order chi connectivity index (χ1) is 9.54. The van der Waals surface area contributed by atoms with Gasteiger partial charge in [-0.15, -0.1) is 0 Å². The molecule has 3 nitrogen and oxygen atoms in total. The highest BCUT2D eigenvalue weighted by Gasteiger charge is 2.06. The van der Waals surface area contributed by atoms with E-state index in [1.807, 2.05) is 0 Å². The van der Waals surface area contributed by atoms with Crippen molar-refractivity contribution in [2.45, 2.75) is 0 Å². The van der Waals surface area contributed by atoms with Crippen LogP contribution >= 0.6 is 11.6 Å². The maximum absolute atomic E-state index is 13.3. The monoisotopic (exact) mass is 296 g/mol. The molecule has 0 aliphatic carbocycles. The molecule has 0 atom stereocenters. The number of benzene rings is 2. The lowest BCUT2D eigenvalue weighted by Gasteiger charge is -2.09. The van der Waals surface area contributed by atoms with Gasteiger partial charge in [0.25, 0.3) is 0 Å². The van der Waals surface area contributed by atoms with E-state index in [4.69, 9.17) is 11.6 Å². The Morgan fingerprint density at radius 1 is 1.15 bits per heavy atom. The molecule has 0 fully saturated rings. The van der Waals surface area contributed by atoms with Crippen LogP contribution in [0.4, 0.5) is 20.2 Å². The fourth-order valence-electron chi connectivity index (χ4n) is 1.60. The molecule has 2 rings (SSSR count). The highest BCUT2D eigenvalue weighted by molar-refractivity contribution is 6.30. The van der Waals surface area contributed by atoms with Gasteiger partial charge in [0.2, 0.25) is 5.91 Å². The summed E-state index contributed by atoms with van der Waals surface area (Å²) in [4.78, 5) is 11.6. The summed E-state index contributed by atoms with van der Waals surface area (Å²) in [6, 6.07) is 9.69. The van der Waals surface area contributed by atoms with Crippen molar-refractivity contribution >= 4 is 28.9 Å². The lowest BCUT2D eigenvalue weighted by molar-refractivity contribution is -0.114. The molecule has 0 saturated carbocycles. The maximum Gasteiger partial charge on any atom is 0.243 e. The first-order valence-corrected chi connectivity index (χ1v) is 6.17. The van der Waals surface area contributed by atoms with Crippen LogP contribution in [-0.2, 0) is 4.79 Å². The van der Waals surface area contributed by atoms with E-state index in [0.717, 1.165) is 6.07 Å². The molecule has 0 aliphatic heterocycles. The van der Waals surface area contributed by atoms with Crippen LogP contribution in [-0.4, -0.2) is 12.5 Å². The second-order valence-corrected chi connectivity index (χ2v) is 4.48. The molecule has 0 heterocycles. The third kappa shape index (κ3) is 3.93. The summed E-state index contributed by atoms with van der Waals surface area (Å²) in [7, 11) is 0. The minimum absolute atomic E-state index is 0.0941. The van der Waals surface area contributed by atoms with Crippen molar-refractivity contribution in [1.82, 2.24) is 0 Å². The Hall–Kier alpha value is -2.14. The minimum atomic E-state index is -0.519. The zero-order chi connectivity index (χ0) is 14.5. The molecule has 2 aromatic carbocycles. The number of carbonyl (C=O) groups excluding carboxylic acids is 1. The van der Waals surface area contributed by atoms with Crippen molar-refractivity contribution < 1.29 is 13.6 Å². The zero-order valence-electron chi connectivity index (χ0n) is 10.3. The van der Waals surface area contributed by atoms with Crippen molar-refractivity contribution in [1.29, 1.82) is 0 Å². The highest BCUT2D eigenvalue weighted by atomic mass is 35.5. The van der Waals surface area contributed by atoms with Crippen molar-refractivity contribution in [2.75, 3.05) is 17.2 Å². The number of anilines is 2.